The molecule has 5 heteroatoms. The van der Waals surface area contributed by atoms with E-state index in [0.717, 1.165) is 11.5 Å². The Morgan fingerprint density at radius 1 is 1.19 bits per heavy atom. The van der Waals surface area contributed by atoms with Gasteiger partial charge in [0.05, 0.1) is 12.1 Å². The van der Waals surface area contributed by atoms with E-state index >= 15 is 0 Å². The number of methoxy groups -OCH3 is 1. The Morgan fingerprint density at radius 2 is 2.00 bits per heavy atom. The number of hydrogen-bond acceptors (Lipinski definition) is 3. The number of ketones is 1. The molecular formula is C16H10ClFO3. The van der Waals surface area contributed by atoms with Crippen molar-refractivity contribution in [3.63, 3.8) is 0 Å². The first-order valence-electron chi connectivity index (χ1n) is 6.16. The van der Waals surface area contributed by atoms with Crippen LogP contribution in [0.25, 0.3) is 11.0 Å². The van der Waals surface area contributed by atoms with Crippen LogP contribution in [0.15, 0.2) is 46.9 Å². The second-order valence-electron chi connectivity index (χ2n) is 4.47. The molecule has 3 rings (SSSR count). The molecule has 0 radical (unpaired) electrons. The van der Waals surface area contributed by atoms with Crippen LogP contribution in [0.1, 0.15) is 16.1 Å². The van der Waals surface area contributed by atoms with Crippen molar-refractivity contribution in [2.75, 3.05) is 7.11 Å². The lowest BCUT2D eigenvalue weighted by Gasteiger charge is -1.99. The zero-order valence-electron chi connectivity index (χ0n) is 11.0. The molecule has 0 unspecified atom stereocenters. The van der Waals surface area contributed by atoms with Gasteiger partial charge in [0, 0.05) is 17.0 Å². The average molecular weight is 305 g/mol. The van der Waals surface area contributed by atoms with Gasteiger partial charge in [-0.2, -0.15) is 0 Å². The Bertz CT molecular complexity index is 839. The number of rotatable bonds is 3. The summed E-state index contributed by atoms with van der Waals surface area (Å²) in [7, 11) is 1.55. The van der Waals surface area contributed by atoms with Gasteiger partial charge in [0.1, 0.15) is 17.1 Å². The molecular weight excluding hydrogens is 295 g/mol. The summed E-state index contributed by atoms with van der Waals surface area (Å²) in [6, 6.07) is 10.7. The second-order valence-corrected chi connectivity index (χ2v) is 4.88. The van der Waals surface area contributed by atoms with Crippen LogP contribution < -0.4 is 4.74 Å². The fourth-order valence-electron chi connectivity index (χ4n) is 2.03. The van der Waals surface area contributed by atoms with Crippen LogP contribution in [0.3, 0.4) is 0 Å². The normalized spacial score (nSPS) is 10.8. The molecule has 0 amide bonds. The Hall–Kier alpha value is -2.33. The molecule has 1 heterocycles. The topological polar surface area (TPSA) is 39.4 Å². The molecule has 0 spiro atoms. The van der Waals surface area contributed by atoms with Crippen molar-refractivity contribution in [3.05, 3.63) is 64.6 Å². The maximum absolute atomic E-state index is 13.1. The van der Waals surface area contributed by atoms with E-state index in [4.69, 9.17) is 20.8 Å². The van der Waals surface area contributed by atoms with E-state index in [1.165, 1.54) is 12.1 Å². The molecule has 1 aromatic heterocycles. The Morgan fingerprint density at radius 3 is 2.71 bits per heavy atom. The zero-order chi connectivity index (χ0) is 15.0. The maximum atomic E-state index is 13.1. The molecule has 3 nitrogen and oxygen atoms in total. The Labute approximate surface area is 124 Å². The molecule has 21 heavy (non-hydrogen) atoms. The first kappa shape index (κ1) is 13.6. The van der Waals surface area contributed by atoms with Crippen molar-refractivity contribution >= 4 is 28.4 Å². The molecule has 0 saturated carbocycles. The van der Waals surface area contributed by atoms with Crippen molar-refractivity contribution in [3.8, 4) is 5.75 Å². The van der Waals surface area contributed by atoms with Crippen molar-refractivity contribution in [2.45, 2.75) is 0 Å². The van der Waals surface area contributed by atoms with Crippen LogP contribution in [-0.2, 0) is 0 Å². The lowest BCUT2D eigenvalue weighted by Crippen LogP contribution is -1.99. The van der Waals surface area contributed by atoms with Crippen LogP contribution in [0.2, 0.25) is 5.02 Å². The molecule has 0 N–H and O–H groups in total. The number of benzene rings is 2. The number of hydrogen-bond donors (Lipinski definition) is 0. The van der Waals surface area contributed by atoms with Crippen molar-refractivity contribution in [1.29, 1.82) is 0 Å². The molecule has 0 aliphatic carbocycles. The Balaban J connectivity index is 2.02. The van der Waals surface area contributed by atoms with Crippen LogP contribution in [0.4, 0.5) is 4.39 Å². The summed E-state index contributed by atoms with van der Waals surface area (Å²) in [5, 5.41) is 0.686. The lowest BCUT2D eigenvalue weighted by atomic mass is 10.1. The van der Waals surface area contributed by atoms with Gasteiger partial charge in [-0.1, -0.05) is 11.6 Å². The van der Waals surface area contributed by atoms with Gasteiger partial charge in [-0.05, 0) is 36.4 Å². The first-order chi connectivity index (χ1) is 10.1. The highest BCUT2D eigenvalue weighted by Gasteiger charge is 2.16. The highest BCUT2D eigenvalue weighted by Crippen LogP contribution is 2.26. The minimum atomic E-state index is -0.567. The third kappa shape index (κ3) is 2.50. The van der Waals surface area contributed by atoms with Crippen LogP contribution in [-0.4, -0.2) is 12.9 Å². The van der Waals surface area contributed by atoms with E-state index in [1.807, 2.05) is 0 Å². The molecule has 106 valence electrons. The molecule has 0 bridgehead atoms. The highest BCUT2D eigenvalue weighted by atomic mass is 35.5. The molecule has 0 atom stereocenters. The number of fused-ring (bicyclic) bond motifs is 1. The number of halogens is 2. The predicted octanol–water partition coefficient (Wildman–Crippen LogP) is 4.46. The first-order valence-corrected chi connectivity index (χ1v) is 6.53. The zero-order valence-corrected chi connectivity index (χ0v) is 11.8. The van der Waals surface area contributed by atoms with Gasteiger partial charge in [0.25, 0.3) is 0 Å². The summed E-state index contributed by atoms with van der Waals surface area (Å²) >= 11 is 5.69. The molecule has 0 saturated heterocycles. The summed E-state index contributed by atoms with van der Waals surface area (Å²) in [4.78, 5) is 12.3. The quantitative estimate of drug-likeness (QED) is 0.670. The van der Waals surface area contributed by atoms with Gasteiger partial charge in [-0.15, -0.1) is 0 Å². The minimum absolute atomic E-state index is 0.0985. The van der Waals surface area contributed by atoms with E-state index in [9.17, 15) is 9.18 Å². The summed E-state index contributed by atoms with van der Waals surface area (Å²) < 4.78 is 23.8. The maximum Gasteiger partial charge on any atom is 0.228 e. The largest absolute Gasteiger partial charge is 0.497 e. The summed E-state index contributed by atoms with van der Waals surface area (Å²) in [5.74, 6) is -0.115. The van der Waals surface area contributed by atoms with Crippen LogP contribution in [0, 0.1) is 5.82 Å². The fraction of sp³-hybridized carbons (Fsp3) is 0.0625. The summed E-state index contributed by atoms with van der Waals surface area (Å²) in [6.45, 7) is 0. The fourth-order valence-corrected chi connectivity index (χ4v) is 2.21. The molecule has 0 aliphatic rings. The van der Waals surface area contributed by atoms with Crippen molar-refractivity contribution in [1.82, 2.24) is 0 Å². The average Bonchev–Trinajstić information content (AvgIpc) is 2.92. The molecule has 0 aliphatic heterocycles. The highest BCUT2D eigenvalue weighted by molar-refractivity contribution is 6.31. The van der Waals surface area contributed by atoms with E-state index in [-0.39, 0.29) is 22.1 Å². The van der Waals surface area contributed by atoms with E-state index < -0.39 is 5.82 Å². The van der Waals surface area contributed by atoms with Crippen LogP contribution in [0.5, 0.6) is 5.75 Å². The third-order valence-electron chi connectivity index (χ3n) is 3.13. The number of furan rings is 1. The van der Waals surface area contributed by atoms with Gasteiger partial charge < -0.3 is 9.15 Å². The summed E-state index contributed by atoms with van der Waals surface area (Å²) in [5.41, 5.74) is 0.818. The van der Waals surface area contributed by atoms with Gasteiger partial charge >= 0.3 is 0 Å². The number of ether oxygens (including phenoxy) is 1. The van der Waals surface area contributed by atoms with E-state index in [0.29, 0.717) is 11.3 Å². The smallest absolute Gasteiger partial charge is 0.228 e. The molecule has 3 aromatic rings. The lowest BCUT2D eigenvalue weighted by molar-refractivity contribution is 0.101. The van der Waals surface area contributed by atoms with E-state index in [1.54, 1.807) is 31.4 Å². The van der Waals surface area contributed by atoms with Crippen molar-refractivity contribution < 1.29 is 18.3 Å². The molecule has 0 fully saturated rings. The van der Waals surface area contributed by atoms with Crippen LogP contribution >= 0.6 is 11.6 Å². The molecule has 2 aromatic carbocycles. The van der Waals surface area contributed by atoms with Gasteiger partial charge in [-0.25, -0.2) is 4.39 Å². The SMILES string of the molecule is COc1ccc2cc(C(=O)c3ccc(F)c(Cl)c3)oc2c1. The monoisotopic (exact) mass is 304 g/mol. The second kappa shape index (κ2) is 5.22. The number of carbonyl (C=O) groups is 1. The van der Waals surface area contributed by atoms with Gasteiger partial charge in [0.2, 0.25) is 5.78 Å². The van der Waals surface area contributed by atoms with Gasteiger partial charge in [-0.3, -0.25) is 4.79 Å². The Kier molecular flexibility index (Phi) is 3.39. The van der Waals surface area contributed by atoms with Gasteiger partial charge in [0.15, 0.2) is 5.76 Å². The predicted molar refractivity (Wildman–Crippen MR) is 77.6 cm³/mol. The minimum Gasteiger partial charge on any atom is -0.497 e. The summed E-state index contributed by atoms with van der Waals surface area (Å²) in [6.07, 6.45) is 0. The van der Waals surface area contributed by atoms with E-state index in [2.05, 4.69) is 0 Å². The van der Waals surface area contributed by atoms with Crippen molar-refractivity contribution in [2.24, 2.45) is 0 Å². The number of carbonyl (C=O) groups excluding carboxylic acids is 1. The third-order valence-corrected chi connectivity index (χ3v) is 3.42. The standard InChI is InChI=1S/C16H10ClFO3/c1-20-11-4-2-9-7-15(21-14(9)8-11)16(19)10-3-5-13(18)12(17)6-10/h2-8H,1H3.